The van der Waals surface area contributed by atoms with Crippen LogP contribution in [0, 0.1) is 11.7 Å². The van der Waals surface area contributed by atoms with Crippen molar-refractivity contribution in [2.75, 3.05) is 16.3 Å². The van der Waals surface area contributed by atoms with E-state index in [1.165, 1.54) is 12.1 Å². The number of sulfonamides is 1. The Kier molecular flexibility index (Phi) is 6.16. The Hall–Kier alpha value is -1.38. The van der Waals surface area contributed by atoms with Gasteiger partial charge in [0.05, 0.1) is 17.9 Å². The predicted molar refractivity (Wildman–Crippen MR) is 86.1 cm³/mol. The van der Waals surface area contributed by atoms with E-state index < -0.39 is 15.8 Å². The van der Waals surface area contributed by atoms with Crippen molar-refractivity contribution in [3.8, 4) is 0 Å². The lowest BCUT2D eigenvalue weighted by Crippen LogP contribution is -2.34. The first kappa shape index (κ1) is 18.7. The molecular weight excluding hydrogens is 333 g/mol. The van der Waals surface area contributed by atoms with Crippen LogP contribution in [0.15, 0.2) is 18.2 Å². The highest BCUT2D eigenvalue weighted by Gasteiger charge is 2.30. The zero-order valence-electron chi connectivity index (χ0n) is 12.0. The summed E-state index contributed by atoms with van der Waals surface area (Å²) in [5.41, 5.74) is 5.98. The summed E-state index contributed by atoms with van der Waals surface area (Å²) < 4.78 is 37.9. The molecule has 124 valence electrons. The number of benzene rings is 1. The van der Waals surface area contributed by atoms with Gasteiger partial charge >= 0.3 is 0 Å². The molecule has 2 atom stereocenters. The number of carbonyl (C=O) groups is 1. The normalized spacial score (nSPS) is 21.0. The highest BCUT2D eigenvalue weighted by Crippen LogP contribution is 2.26. The minimum Gasteiger partial charge on any atom is -0.327 e. The number of hydrogen-bond donors (Lipinski definition) is 3. The van der Waals surface area contributed by atoms with Crippen molar-refractivity contribution >= 4 is 39.7 Å². The SMILES string of the molecule is CS(=O)(=O)Nc1cc(NC(=O)C2CCCC2N)ccc1F.Cl. The van der Waals surface area contributed by atoms with Gasteiger partial charge in [0.15, 0.2) is 0 Å². The van der Waals surface area contributed by atoms with Gasteiger partial charge in [-0.25, -0.2) is 12.8 Å². The molecule has 2 rings (SSSR count). The largest absolute Gasteiger partial charge is 0.327 e. The van der Waals surface area contributed by atoms with Crippen LogP contribution in [0.25, 0.3) is 0 Å². The molecule has 1 aliphatic carbocycles. The van der Waals surface area contributed by atoms with Crippen molar-refractivity contribution in [2.45, 2.75) is 25.3 Å². The van der Waals surface area contributed by atoms with Gasteiger partial charge < -0.3 is 11.1 Å². The number of amides is 1. The molecule has 1 amide bonds. The lowest BCUT2D eigenvalue weighted by molar-refractivity contribution is -0.120. The van der Waals surface area contributed by atoms with Crippen LogP contribution in [0.5, 0.6) is 0 Å². The summed E-state index contributed by atoms with van der Waals surface area (Å²) in [4.78, 5) is 12.1. The molecule has 0 bridgehead atoms. The fourth-order valence-electron chi connectivity index (χ4n) is 2.43. The minimum absolute atomic E-state index is 0. The van der Waals surface area contributed by atoms with E-state index in [9.17, 15) is 17.6 Å². The summed E-state index contributed by atoms with van der Waals surface area (Å²) in [6, 6.07) is 3.55. The molecule has 6 nitrogen and oxygen atoms in total. The number of nitrogens with one attached hydrogen (secondary N) is 2. The van der Waals surface area contributed by atoms with Crippen LogP contribution in [-0.2, 0) is 14.8 Å². The lowest BCUT2D eigenvalue weighted by atomic mass is 10.0. The molecule has 2 unspecified atom stereocenters. The second-order valence-corrected chi connectivity index (χ2v) is 7.01. The molecule has 1 saturated carbocycles. The lowest BCUT2D eigenvalue weighted by Gasteiger charge is -2.16. The van der Waals surface area contributed by atoms with E-state index in [2.05, 4.69) is 10.0 Å². The zero-order valence-corrected chi connectivity index (χ0v) is 13.6. The molecular formula is C13H19ClFN3O3S. The molecule has 0 radical (unpaired) electrons. The summed E-state index contributed by atoms with van der Waals surface area (Å²) >= 11 is 0. The first-order chi connectivity index (χ1) is 9.76. The van der Waals surface area contributed by atoms with E-state index >= 15 is 0 Å². The first-order valence-corrected chi connectivity index (χ1v) is 8.49. The van der Waals surface area contributed by atoms with Crippen molar-refractivity contribution in [3.05, 3.63) is 24.0 Å². The standard InChI is InChI=1S/C13H18FN3O3S.ClH/c1-21(19,20)17-12-7-8(5-6-10(12)14)16-13(18)9-3-2-4-11(9)15;/h5-7,9,11,17H,2-4,15H2,1H3,(H,16,18);1H. The van der Waals surface area contributed by atoms with Crippen LogP contribution in [0.1, 0.15) is 19.3 Å². The van der Waals surface area contributed by atoms with Crippen LogP contribution in [0.2, 0.25) is 0 Å². The van der Waals surface area contributed by atoms with Gasteiger partial charge in [0.25, 0.3) is 0 Å². The molecule has 0 aromatic heterocycles. The Balaban J connectivity index is 0.00000242. The second-order valence-electron chi connectivity index (χ2n) is 5.26. The summed E-state index contributed by atoms with van der Waals surface area (Å²) in [6.45, 7) is 0. The van der Waals surface area contributed by atoms with Gasteiger partial charge in [0.2, 0.25) is 15.9 Å². The van der Waals surface area contributed by atoms with Crippen LogP contribution >= 0.6 is 12.4 Å². The third-order valence-corrected chi connectivity index (χ3v) is 4.03. The molecule has 1 aromatic carbocycles. The molecule has 9 heteroatoms. The van der Waals surface area contributed by atoms with Crippen LogP contribution in [0.3, 0.4) is 0 Å². The number of rotatable bonds is 4. The third-order valence-electron chi connectivity index (χ3n) is 3.44. The highest BCUT2D eigenvalue weighted by molar-refractivity contribution is 7.92. The number of hydrogen-bond acceptors (Lipinski definition) is 4. The first-order valence-electron chi connectivity index (χ1n) is 6.60. The van der Waals surface area contributed by atoms with Gasteiger partial charge in [-0.3, -0.25) is 9.52 Å². The number of carbonyl (C=O) groups excluding carboxylic acids is 1. The highest BCUT2D eigenvalue weighted by atomic mass is 35.5. The van der Waals surface area contributed by atoms with E-state index in [0.29, 0.717) is 5.69 Å². The van der Waals surface area contributed by atoms with E-state index in [4.69, 9.17) is 5.73 Å². The second kappa shape index (κ2) is 7.26. The molecule has 0 aliphatic heterocycles. The fourth-order valence-corrected chi connectivity index (χ4v) is 2.99. The molecule has 4 N–H and O–H groups in total. The summed E-state index contributed by atoms with van der Waals surface area (Å²) in [5.74, 6) is -1.20. The maximum absolute atomic E-state index is 13.5. The van der Waals surface area contributed by atoms with Crippen molar-refractivity contribution in [3.63, 3.8) is 0 Å². The van der Waals surface area contributed by atoms with Gasteiger partial charge in [-0.15, -0.1) is 12.4 Å². The molecule has 0 heterocycles. The number of anilines is 2. The van der Waals surface area contributed by atoms with Crippen molar-refractivity contribution in [1.82, 2.24) is 0 Å². The van der Waals surface area contributed by atoms with E-state index in [1.54, 1.807) is 0 Å². The topological polar surface area (TPSA) is 101 Å². The fraction of sp³-hybridized carbons (Fsp3) is 0.462. The van der Waals surface area contributed by atoms with Gasteiger partial charge in [0, 0.05) is 11.7 Å². The average Bonchev–Trinajstić information content (AvgIpc) is 2.78. The van der Waals surface area contributed by atoms with Crippen LogP contribution < -0.4 is 15.8 Å². The molecule has 0 saturated heterocycles. The minimum atomic E-state index is -3.59. The Labute approximate surface area is 135 Å². The predicted octanol–water partition coefficient (Wildman–Crippen LogP) is 1.68. The maximum atomic E-state index is 13.5. The van der Waals surface area contributed by atoms with E-state index in [0.717, 1.165) is 31.6 Å². The Morgan fingerprint density at radius 3 is 2.59 bits per heavy atom. The van der Waals surface area contributed by atoms with E-state index in [1.807, 2.05) is 0 Å². The van der Waals surface area contributed by atoms with Crippen molar-refractivity contribution in [2.24, 2.45) is 11.7 Å². The number of halogens is 2. The molecule has 1 aliphatic rings. The zero-order chi connectivity index (χ0) is 15.6. The Morgan fingerprint density at radius 2 is 2.05 bits per heavy atom. The summed E-state index contributed by atoms with van der Waals surface area (Å²) in [6.07, 6.45) is 3.36. The van der Waals surface area contributed by atoms with Gasteiger partial charge in [0.1, 0.15) is 5.82 Å². The monoisotopic (exact) mass is 351 g/mol. The molecule has 1 fully saturated rings. The van der Waals surface area contributed by atoms with Crippen LogP contribution in [0.4, 0.5) is 15.8 Å². The summed E-state index contributed by atoms with van der Waals surface area (Å²) in [7, 11) is -3.59. The van der Waals surface area contributed by atoms with E-state index in [-0.39, 0.29) is 36.0 Å². The quantitative estimate of drug-likeness (QED) is 0.768. The van der Waals surface area contributed by atoms with Crippen LogP contribution in [-0.4, -0.2) is 26.6 Å². The van der Waals surface area contributed by atoms with Gasteiger partial charge in [-0.05, 0) is 31.0 Å². The molecule has 22 heavy (non-hydrogen) atoms. The third kappa shape index (κ3) is 4.82. The van der Waals surface area contributed by atoms with Crippen molar-refractivity contribution < 1.29 is 17.6 Å². The van der Waals surface area contributed by atoms with Gasteiger partial charge in [-0.2, -0.15) is 0 Å². The Morgan fingerprint density at radius 1 is 1.36 bits per heavy atom. The smallest absolute Gasteiger partial charge is 0.229 e. The molecule has 0 spiro atoms. The maximum Gasteiger partial charge on any atom is 0.229 e. The Bertz CT molecular complexity index is 654. The molecule has 1 aromatic rings. The average molecular weight is 352 g/mol. The van der Waals surface area contributed by atoms with Gasteiger partial charge in [-0.1, -0.05) is 6.42 Å². The number of nitrogens with two attached hydrogens (primary N) is 1. The summed E-state index contributed by atoms with van der Waals surface area (Å²) in [5, 5.41) is 2.65. The van der Waals surface area contributed by atoms with Crippen molar-refractivity contribution in [1.29, 1.82) is 0 Å².